The van der Waals surface area contributed by atoms with Gasteiger partial charge >= 0.3 is 0 Å². The average molecular weight is 417 g/mol. The third-order valence-electron chi connectivity index (χ3n) is 3.95. The molecule has 0 aliphatic heterocycles. The molecule has 0 saturated heterocycles. The molecular formula is C20H15ClF2N4O2. The number of benzene rings is 2. The van der Waals surface area contributed by atoms with Crippen molar-refractivity contribution in [1.82, 2.24) is 10.2 Å². The Hall–Kier alpha value is -3.39. The maximum absolute atomic E-state index is 13.9. The van der Waals surface area contributed by atoms with E-state index in [9.17, 15) is 18.4 Å². The zero-order valence-corrected chi connectivity index (χ0v) is 16.0. The van der Waals surface area contributed by atoms with Gasteiger partial charge in [0.1, 0.15) is 11.6 Å². The highest BCUT2D eigenvalue weighted by Gasteiger charge is 2.18. The fourth-order valence-corrected chi connectivity index (χ4v) is 2.90. The number of nitrogens with one attached hydrogen (secondary N) is 1. The molecule has 0 aliphatic carbocycles. The second kappa shape index (κ2) is 8.74. The smallest absolute Gasteiger partial charge is 0.229 e. The summed E-state index contributed by atoms with van der Waals surface area (Å²) < 4.78 is 27.0. The van der Waals surface area contributed by atoms with Gasteiger partial charge in [-0.15, -0.1) is 5.10 Å². The highest BCUT2D eigenvalue weighted by molar-refractivity contribution is 6.31. The quantitative estimate of drug-likeness (QED) is 0.673. The van der Waals surface area contributed by atoms with Crippen molar-refractivity contribution in [2.75, 3.05) is 10.2 Å². The lowest BCUT2D eigenvalue weighted by molar-refractivity contribution is -0.116. The number of halogens is 3. The molecular weight excluding hydrogens is 402 g/mol. The van der Waals surface area contributed by atoms with Crippen LogP contribution >= 0.6 is 11.6 Å². The molecule has 6 nitrogen and oxygen atoms in total. The van der Waals surface area contributed by atoms with Crippen LogP contribution in [0.25, 0.3) is 0 Å². The monoisotopic (exact) mass is 416 g/mol. The van der Waals surface area contributed by atoms with E-state index in [-0.39, 0.29) is 34.4 Å². The molecule has 1 N–H and O–H groups in total. The van der Waals surface area contributed by atoms with Crippen LogP contribution in [0.15, 0.2) is 54.7 Å². The standard InChI is InChI=1S/C20H15ClF2N4O2/c1-12(28)27(15-7-5-13(22)6-8-15)19-9-14(11-24-26-19)25-20(29)10-16-17(21)3-2-4-18(16)23/h2-9,11H,10H2,1H3,(H,25,26,29). The second-order valence-corrected chi connectivity index (χ2v) is 6.47. The predicted molar refractivity (Wildman–Crippen MR) is 105 cm³/mol. The lowest BCUT2D eigenvalue weighted by Gasteiger charge is -2.20. The van der Waals surface area contributed by atoms with E-state index < -0.39 is 17.5 Å². The van der Waals surface area contributed by atoms with Gasteiger partial charge in [0, 0.05) is 23.6 Å². The van der Waals surface area contributed by atoms with Crippen LogP contribution in [0.3, 0.4) is 0 Å². The van der Waals surface area contributed by atoms with E-state index in [0.29, 0.717) is 5.69 Å². The van der Waals surface area contributed by atoms with Crippen LogP contribution in [0.4, 0.5) is 26.0 Å². The molecule has 0 radical (unpaired) electrons. The Bertz CT molecular complexity index is 1040. The molecule has 0 fully saturated rings. The van der Waals surface area contributed by atoms with Gasteiger partial charge in [-0.25, -0.2) is 8.78 Å². The summed E-state index contributed by atoms with van der Waals surface area (Å²) in [5.41, 5.74) is 0.709. The summed E-state index contributed by atoms with van der Waals surface area (Å²) in [5.74, 6) is -1.80. The van der Waals surface area contributed by atoms with Crippen molar-refractivity contribution >= 4 is 40.6 Å². The molecule has 0 aliphatic rings. The first-order valence-corrected chi connectivity index (χ1v) is 8.84. The van der Waals surface area contributed by atoms with E-state index in [0.717, 1.165) is 0 Å². The first-order valence-electron chi connectivity index (χ1n) is 8.47. The second-order valence-electron chi connectivity index (χ2n) is 6.06. The molecule has 2 amide bonds. The Kier molecular flexibility index (Phi) is 6.13. The average Bonchev–Trinajstić information content (AvgIpc) is 2.67. The zero-order chi connectivity index (χ0) is 21.0. The minimum Gasteiger partial charge on any atom is -0.324 e. The molecule has 0 atom stereocenters. The van der Waals surface area contributed by atoms with Crippen LogP contribution in [0.1, 0.15) is 12.5 Å². The number of amides is 2. The van der Waals surface area contributed by atoms with E-state index in [4.69, 9.17) is 11.6 Å². The Morgan fingerprint density at radius 3 is 2.52 bits per heavy atom. The molecule has 2 aromatic carbocycles. The normalized spacial score (nSPS) is 10.5. The van der Waals surface area contributed by atoms with Gasteiger partial charge in [-0.2, -0.15) is 5.10 Å². The van der Waals surface area contributed by atoms with Gasteiger partial charge < -0.3 is 5.32 Å². The molecule has 1 aromatic heterocycles. The number of hydrogen-bond donors (Lipinski definition) is 1. The zero-order valence-electron chi connectivity index (χ0n) is 15.2. The Morgan fingerprint density at radius 2 is 1.86 bits per heavy atom. The van der Waals surface area contributed by atoms with Gasteiger partial charge in [0.2, 0.25) is 11.8 Å². The van der Waals surface area contributed by atoms with E-state index in [1.165, 1.54) is 66.6 Å². The van der Waals surface area contributed by atoms with Crippen molar-refractivity contribution in [3.05, 3.63) is 76.9 Å². The van der Waals surface area contributed by atoms with Gasteiger partial charge in [0.25, 0.3) is 0 Å². The first-order chi connectivity index (χ1) is 13.8. The van der Waals surface area contributed by atoms with Crippen LogP contribution in [0.5, 0.6) is 0 Å². The number of hydrogen-bond acceptors (Lipinski definition) is 4. The Labute approximate surface area is 170 Å². The molecule has 0 saturated carbocycles. The SMILES string of the molecule is CC(=O)N(c1ccc(F)cc1)c1cc(NC(=O)Cc2c(F)cccc2Cl)cnn1. The van der Waals surface area contributed by atoms with E-state index in [1.807, 2.05) is 0 Å². The number of carbonyl (C=O) groups is 2. The van der Waals surface area contributed by atoms with Crippen molar-refractivity contribution in [2.24, 2.45) is 0 Å². The largest absolute Gasteiger partial charge is 0.324 e. The molecule has 9 heteroatoms. The van der Waals surface area contributed by atoms with Crippen molar-refractivity contribution < 1.29 is 18.4 Å². The maximum Gasteiger partial charge on any atom is 0.229 e. The van der Waals surface area contributed by atoms with Crippen LogP contribution in [-0.2, 0) is 16.0 Å². The third kappa shape index (κ3) is 4.91. The molecule has 0 spiro atoms. The van der Waals surface area contributed by atoms with Gasteiger partial charge in [-0.1, -0.05) is 17.7 Å². The van der Waals surface area contributed by atoms with Crippen molar-refractivity contribution in [3.8, 4) is 0 Å². The topological polar surface area (TPSA) is 75.2 Å². The number of anilines is 3. The van der Waals surface area contributed by atoms with Gasteiger partial charge in [0.05, 0.1) is 24.0 Å². The molecule has 3 aromatic rings. The van der Waals surface area contributed by atoms with E-state index in [1.54, 1.807) is 0 Å². The molecule has 29 heavy (non-hydrogen) atoms. The molecule has 0 unspecified atom stereocenters. The lowest BCUT2D eigenvalue weighted by atomic mass is 10.1. The van der Waals surface area contributed by atoms with Crippen molar-refractivity contribution in [1.29, 1.82) is 0 Å². The number of carbonyl (C=O) groups excluding carboxylic acids is 2. The molecule has 148 valence electrons. The van der Waals surface area contributed by atoms with Crippen molar-refractivity contribution in [3.63, 3.8) is 0 Å². The summed E-state index contributed by atoms with van der Waals surface area (Å²) in [6.07, 6.45) is 1.00. The van der Waals surface area contributed by atoms with Crippen LogP contribution in [0.2, 0.25) is 5.02 Å². The summed E-state index contributed by atoms with van der Waals surface area (Å²) in [7, 11) is 0. The van der Waals surface area contributed by atoms with Crippen LogP contribution in [0, 0.1) is 11.6 Å². The summed E-state index contributed by atoms with van der Waals surface area (Å²) in [6.45, 7) is 1.32. The minimum absolute atomic E-state index is 0.0746. The van der Waals surface area contributed by atoms with Gasteiger partial charge in [0.15, 0.2) is 5.82 Å². The van der Waals surface area contributed by atoms with Gasteiger partial charge in [-0.3, -0.25) is 14.5 Å². The van der Waals surface area contributed by atoms with Gasteiger partial charge in [-0.05, 0) is 36.4 Å². The van der Waals surface area contributed by atoms with Crippen LogP contribution < -0.4 is 10.2 Å². The molecule has 3 rings (SSSR count). The maximum atomic E-state index is 13.9. The summed E-state index contributed by atoms with van der Waals surface area (Å²) in [4.78, 5) is 25.6. The lowest BCUT2D eigenvalue weighted by Crippen LogP contribution is -2.24. The van der Waals surface area contributed by atoms with Crippen molar-refractivity contribution in [2.45, 2.75) is 13.3 Å². The number of nitrogens with zero attached hydrogens (tertiary/aromatic N) is 3. The third-order valence-corrected chi connectivity index (χ3v) is 4.31. The predicted octanol–water partition coefficient (Wildman–Crippen LogP) is 4.27. The fourth-order valence-electron chi connectivity index (χ4n) is 2.67. The minimum atomic E-state index is -0.583. The summed E-state index contributed by atoms with van der Waals surface area (Å²) in [5, 5.41) is 10.4. The fraction of sp³-hybridized carbons (Fsp3) is 0.100. The molecule has 0 bridgehead atoms. The Balaban J connectivity index is 1.82. The number of aromatic nitrogens is 2. The first kappa shape index (κ1) is 20.3. The molecule has 1 heterocycles. The summed E-state index contributed by atoms with van der Waals surface area (Å²) >= 11 is 5.94. The van der Waals surface area contributed by atoms with E-state index in [2.05, 4.69) is 15.5 Å². The number of rotatable bonds is 5. The highest BCUT2D eigenvalue weighted by atomic mass is 35.5. The highest BCUT2D eigenvalue weighted by Crippen LogP contribution is 2.26. The van der Waals surface area contributed by atoms with E-state index >= 15 is 0 Å². The Morgan fingerprint density at radius 1 is 1.14 bits per heavy atom. The van der Waals surface area contributed by atoms with Crippen LogP contribution in [-0.4, -0.2) is 22.0 Å². The summed E-state index contributed by atoms with van der Waals surface area (Å²) in [6, 6.07) is 10.8.